The Kier molecular flexibility index (Phi) is 3.69. The van der Waals surface area contributed by atoms with Gasteiger partial charge in [-0.05, 0) is 0 Å². The lowest BCUT2D eigenvalue weighted by atomic mass is 10.2. The average molecular weight is 211 g/mol. The Morgan fingerprint density at radius 2 is 2.33 bits per heavy atom. The maximum atomic E-state index is 11.5. The normalized spacial score (nSPS) is 24.7. The first-order chi connectivity index (χ1) is 7.10. The first-order valence-electron chi connectivity index (χ1n) is 4.59. The van der Waals surface area contributed by atoms with Gasteiger partial charge in [0, 0.05) is 13.0 Å². The Hall–Kier alpha value is -1.54. The molecule has 5 heteroatoms. The highest BCUT2D eigenvalue weighted by atomic mass is 16.5. The molecule has 0 spiro atoms. The Morgan fingerprint density at radius 1 is 1.67 bits per heavy atom. The number of terminal acetylenes is 1. The molecule has 0 saturated carbocycles. The van der Waals surface area contributed by atoms with Crippen molar-refractivity contribution in [1.29, 1.82) is 0 Å². The monoisotopic (exact) mass is 211 g/mol. The van der Waals surface area contributed by atoms with E-state index in [9.17, 15) is 14.7 Å². The van der Waals surface area contributed by atoms with Crippen LogP contribution in [0.1, 0.15) is 12.8 Å². The molecule has 1 amide bonds. The highest BCUT2D eigenvalue weighted by Gasteiger charge is 2.39. The highest BCUT2D eigenvalue weighted by Crippen LogP contribution is 2.19. The van der Waals surface area contributed by atoms with Crippen LogP contribution in [0.5, 0.6) is 0 Å². The van der Waals surface area contributed by atoms with E-state index >= 15 is 0 Å². The van der Waals surface area contributed by atoms with Crippen molar-refractivity contribution >= 4 is 11.9 Å². The minimum atomic E-state index is -0.703. The van der Waals surface area contributed by atoms with Crippen LogP contribution >= 0.6 is 0 Å². The van der Waals surface area contributed by atoms with Crippen molar-refractivity contribution < 1.29 is 19.4 Å². The fourth-order valence-corrected chi connectivity index (χ4v) is 1.64. The van der Waals surface area contributed by atoms with Gasteiger partial charge in [0.2, 0.25) is 5.91 Å². The summed E-state index contributed by atoms with van der Waals surface area (Å²) < 4.78 is 4.55. The zero-order valence-corrected chi connectivity index (χ0v) is 8.47. The van der Waals surface area contributed by atoms with Crippen molar-refractivity contribution in [3.8, 4) is 12.3 Å². The molecule has 1 aliphatic rings. The first kappa shape index (κ1) is 11.5. The molecule has 1 rings (SSSR count). The number of carbonyl (C=O) groups excluding carboxylic acids is 2. The van der Waals surface area contributed by atoms with Crippen molar-refractivity contribution in [3.63, 3.8) is 0 Å². The summed E-state index contributed by atoms with van der Waals surface area (Å²) in [6.45, 7) is 0.139. The van der Waals surface area contributed by atoms with Gasteiger partial charge >= 0.3 is 5.97 Å². The molecule has 1 saturated heterocycles. The van der Waals surface area contributed by atoms with Gasteiger partial charge in [0.05, 0.1) is 19.6 Å². The first-order valence-corrected chi connectivity index (χ1v) is 4.59. The van der Waals surface area contributed by atoms with E-state index in [0.717, 1.165) is 0 Å². The number of hydrogen-bond donors (Lipinski definition) is 1. The second-order valence-corrected chi connectivity index (χ2v) is 3.36. The maximum Gasteiger partial charge on any atom is 0.328 e. The van der Waals surface area contributed by atoms with Crippen LogP contribution in [0.25, 0.3) is 0 Å². The van der Waals surface area contributed by atoms with Crippen LogP contribution in [0.15, 0.2) is 0 Å². The van der Waals surface area contributed by atoms with Gasteiger partial charge in [0.1, 0.15) is 6.04 Å². The van der Waals surface area contributed by atoms with Crippen molar-refractivity contribution in [1.82, 2.24) is 4.90 Å². The van der Waals surface area contributed by atoms with Gasteiger partial charge in [0.25, 0.3) is 0 Å². The molecular formula is C10H13NO4. The molecule has 2 atom stereocenters. The average Bonchev–Trinajstić information content (AvgIpc) is 2.59. The lowest BCUT2D eigenvalue weighted by Crippen LogP contribution is -2.41. The van der Waals surface area contributed by atoms with E-state index in [0.29, 0.717) is 0 Å². The molecule has 0 aliphatic carbocycles. The van der Waals surface area contributed by atoms with Gasteiger partial charge in [-0.15, -0.1) is 6.42 Å². The van der Waals surface area contributed by atoms with Crippen molar-refractivity contribution in [2.45, 2.75) is 25.0 Å². The summed E-state index contributed by atoms with van der Waals surface area (Å²) in [5, 5.41) is 9.38. The fourth-order valence-electron chi connectivity index (χ4n) is 1.64. The summed E-state index contributed by atoms with van der Waals surface area (Å²) in [5.41, 5.74) is 0. The van der Waals surface area contributed by atoms with E-state index in [2.05, 4.69) is 10.7 Å². The summed E-state index contributed by atoms with van der Waals surface area (Å²) in [6, 6.07) is -0.703. The number of aliphatic hydroxyl groups excluding tert-OH is 1. The topological polar surface area (TPSA) is 66.8 Å². The summed E-state index contributed by atoms with van der Waals surface area (Å²) >= 11 is 0. The van der Waals surface area contributed by atoms with E-state index in [4.69, 9.17) is 6.42 Å². The molecule has 0 bridgehead atoms. The number of methoxy groups -OCH3 is 1. The second kappa shape index (κ2) is 4.80. The van der Waals surface area contributed by atoms with Crippen LogP contribution in [0.3, 0.4) is 0 Å². The molecule has 0 aromatic rings. The smallest absolute Gasteiger partial charge is 0.328 e. The van der Waals surface area contributed by atoms with Crippen LogP contribution in [-0.2, 0) is 14.3 Å². The summed E-state index contributed by atoms with van der Waals surface area (Å²) in [6.07, 6.45) is 4.47. The van der Waals surface area contributed by atoms with Crippen molar-refractivity contribution in [2.75, 3.05) is 13.7 Å². The third kappa shape index (κ3) is 2.48. The van der Waals surface area contributed by atoms with Crippen LogP contribution in [-0.4, -0.2) is 47.7 Å². The van der Waals surface area contributed by atoms with Gasteiger partial charge in [-0.2, -0.15) is 0 Å². The SMILES string of the molecule is C#CCC(=O)N1CC(O)CC1C(=O)OC. The second-order valence-electron chi connectivity index (χ2n) is 3.36. The number of β-amino-alcohol motifs (C(OH)–C–C–N with tert-alkyl or cyclic N) is 1. The minimum Gasteiger partial charge on any atom is -0.467 e. The third-order valence-corrected chi connectivity index (χ3v) is 2.33. The number of ether oxygens (including phenoxy) is 1. The van der Waals surface area contributed by atoms with Crippen LogP contribution in [0, 0.1) is 12.3 Å². The van der Waals surface area contributed by atoms with Gasteiger partial charge in [-0.1, -0.05) is 5.92 Å². The molecule has 0 aromatic carbocycles. The number of carbonyl (C=O) groups is 2. The number of likely N-dealkylation sites (tertiary alicyclic amines) is 1. The zero-order valence-electron chi connectivity index (χ0n) is 8.47. The summed E-state index contributed by atoms with van der Waals surface area (Å²) in [5.74, 6) is 1.37. The van der Waals surface area contributed by atoms with E-state index in [-0.39, 0.29) is 25.3 Å². The lowest BCUT2D eigenvalue weighted by Gasteiger charge is -2.21. The Bertz CT molecular complexity index is 307. The summed E-state index contributed by atoms with van der Waals surface area (Å²) in [4.78, 5) is 24.1. The lowest BCUT2D eigenvalue weighted by molar-refractivity contribution is -0.150. The fraction of sp³-hybridized carbons (Fsp3) is 0.600. The quantitative estimate of drug-likeness (QED) is 0.477. The molecule has 0 aromatic heterocycles. The Balaban J connectivity index is 2.73. The van der Waals surface area contributed by atoms with Gasteiger partial charge < -0.3 is 14.7 Å². The predicted molar refractivity (Wildman–Crippen MR) is 51.6 cm³/mol. The Labute approximate surface area is 88.0 Å². The van der Waals surface area contributed by atoms with E-state index in [1.807, 2.05) is 0 Å². The molecular weight excluding hydrogens is 198 g/mol. The molecule has 1 aliphatic heterocycles. The Morgan fingerprint density at radius 3 is 2.87 bits per heavy atom. The van der Waals surface area contributed by atoms with Crippen molar-refractivity contribution in [2.24, 2.45) is 0 Å². The molecule has 2 unspecified atom stereocenters. The summed E-state index contributed by atoms with van der Waals surface area (Å²) in [7, 11) is 1.25. The maximum absolute atomic E-state index is 11.5. The number of esters is 1. The van der Waals surface area contributed by atoms with E-state index in [1.54, 1.807) is 0 Å². The van der Waals surface area contributed by atoms with Crippen LogP contribution < -0.4 is 0 Å². The molecule has 0 radical (unpaired) electrons. The molecule has 5 nitrogen and oxygen atoms in total. The number of amides is 1. The van der Waals surface area contributed by atoms with Gasteiger partial charge in [-0.25, -0.2) is 4.79 Å². The molecule has 1 N–H and O–H groups in total. The minimum absolute atomic E-state index is 0.0692. The van der Waals surface area contributed by atoms with E-state index in [1.165, 1.54) is 12.0 Å². The van der Waals surface area contributed by atoms with Crippen LogP contribution in [0.2, 0.25) is 0 Å². The zero-order chi connectivity index (χ0) is 11.4. The third-order valence-electron chi connectivity index (χ3n) is 2.33. The number of rotatable bonds is 2. The molecule has 1 fully saturated rings. The predicted octanol–water partition coefficient (Wildman–Crippen LogP) is -0.856. The highest BCUT2D eigenvalue weighted by molar-refractivity contribution is 5.86. The van der Waals surface area contributed by atoms with Crippen LogP contribution in [0.4, 0.5) is 0 Å². The van der Waals surface area contributed by atoms with E-state index < -0.39 is 18.1 Å². The van der Waals surface area contributed by atoms with Gasteiger partial charge in [-0.3, -0.25) is 4.79 Å². The largest absolute Gasteiger partial charge is 0.467 e. The molecule has 82 valence electrons. The van der Waals surface area contributed by atoms with Gasteiger partial charge in [0.15, 0.2) is 0 Å². The van der Waals surface area contributed by atoms with Crippen molar-refractivity contribution in [3.05, 3.63) is 0 Å². The number of aliphatic hydroxyl groups is 1. The molecule has 15 heavy (non-hydrogen) atoms. The number of nitrogens with zero attached hydrogens (tertiary/aromatic N) is 1. The number of hydrogen-bond acceptors (Lipinski definition) is 4. The standard InChI is InChI=1S/C10H13NO4/c1-3-4-9(13)11-6-7(12)5-8(11)10(14)15-2/h1,7-8,12H,4-6H2,2H3. The molecule has 1 heterocycles.